The van der Waals surface area contributed by atoms with Gasteiger partial charge in [-0.25, -0.2) is 4.98 Å². The van der Waals surface area contributed by atoms with E-state index in [2.05, 4.69) is 9.97 Å². The molecule has 0 radical (unpaired) electrons. The molecular formula is C29H19Cl2N3O5. The van der Waals surface area contributed by atoms with Crippen molar-refractivity contribution in [2.24, 2.45) is 0 Å². The number of ether oxygens (including phenoxy) is 2. The van der Waals surface area contributed by atoms with Crippen LogP contribution in [0.25, 0.3) is 39.2 Å². The quantitative estimate of drug-likeness (QED) is 0.224. The third-order valence-electron chi connectivity index (χ3n) is 6.23. The summed E-state index contributed by atoms with van der Waals surface area (Å²) in [4.78, 5) is 44.1. The van der Waals surface area contributed by atoms with Crippen molar-refractivity contribution in [2.45, 2.75) is 0 Å². The molecule has 0 saturated carbocycles. The first kappa shape index (κ1) is 26.1. The molecule has 5 aromatic rings. The average molecular weight is 560 g/mol. The van der Waals surface area contributed by atoms with Crippen LogP contribution in [0.5, 0.6) is 11.8 Å². The average Bonchev–Trinajstić information content (AvgIpc) is 2.96. The van der Waals surface area contributed by atoms with Crippen LogP contribution in [0.1, 0.15) is 20.7 Å². The first-order valence-corrected chi connectivity index (χ1v) is 12.3. The number of halogens is 2. The van der Waals surface area contributed by atoms with Crippen LogP contribution in [-0.2, 0) is 0 Å². The zero-order valence-corrected chi connectivity index (χ0v) is 22.2. The Balaban J connectivity index is 1.63. The van der Waals surface area contributed by atoms with Gasteiger partial charge in [-0.3, -0.25) is 18.8 Å². The van der Waals surface area contributed by atoms with Gasteiger partial charge in [0.25, 0.3) is 5.56 Å². The monoisotopic (exact) mass is 559 g/mol. The number of aromatic nitrogens is 3. The molecule has 194 valence electrons. The van der Waals surface area contributed by atoms with E-state index in [1.165, 1.54) is 24.8 Å². The van der Waals surface area contributed by atoms with Gasteiger partial charge in [-0.05, 0) is 29.8 Å². The first-order chi connectivity index (χ1) is 18.9. The molecule has 0 N–H and O–H groups in total. The van der Waals surface area contributed by atoms with E-state index in [0.717, 1.165) is 0 Å². The van der Waals surface area contributed by atoms with Crippen LogP contribution < -0.4 is 15.0 Å². The minimum Gasteiger partial charge on any atom is -0.480 e. The van der Waals surface area contributed by atoms with Gasteiger partial charge in [0.05, 0.1) is 35.5 Å². The van der Waals surface area contributed by atoms with E-state index in [1.54, 1.807) is 24.3 Å². The van der Waals surface area contributed by atoms with Crippen molar-refractivity contribution >= 4 is 41.4 Å². The maximum Gasteiger partial charge on any atom is 0.272 e. The van der Waals surface area contributed by atoms with Crippen molar-refractivity contribution < 1.29 is 19.1 Å². The van der Waals surface area contributed by atoms with Crippen molar-refractivity contribution in [1.29, 1.82) is 0 Å². The molecule has 0 bridgehead atoms. The molecule has 5 rings (SSSR count). The topological polar surface area (TPSA) is 99.9 Å². The number of hydrogen-bond donors (Lipinski definition) is 0. The highest BCUT2D eigenvalue weighted by atomic mass is 35.5. The zero-order chi connectivity index (χ0) is 27.7. The second-order valence-electron chi connectivity index (χ2n) is 8.35. The number of pyridine rings is 2. The smallest absolute Gasteiger partial charge is 0.272 e. The minimum absolute atomic E-state index is 0.0537. The number of aldehydes is 2. The lowest BCUT2D eigenvalue weighted by Crippen LogP contribution is -2.20. The van der Waals surface area contributed by atoms with Gasteiger partial charge in [-0.15, -0.1) is 0 Å². The molecule has 3 heterocycles. The SMILES string of the molecule is COc1nc(-c2cccc(-c3cccc(-c4ccn5c(=O)c(C=O)c(OC)nc5c4)c3Cl)c2Cl)ccc1C=O. The summed E-state index contributed by atoms with van der Waals surface area (Å²) in [5, 5.41) is 0.851. The molecule has 0 saturated heterocycles. The lowest BCUT2D eigenvalue weighted by molar-refractivity contribution is 0.111. The summed E-state index contributed by atoms with van der Waals surface area (Å²) in [7, 11) is 2.79. The molecule has 0 amide bonds. The molecule has 2 aromatic carbocycles. The van der Waals surface area contributed by atoms with Gasteiger partial charge in [0.15, 0.2) is 12.6 Å². The van der Waals surface area contributed by atoms with Crippen LogP contribution in [0.4, 0.5) is 0 Å². The van der Waals surface area contributed by atoms with Crippen molar-refractivity contribution in [2.75, 3.05) is 14.2 Å². The molecule has 0 aliphatic carbocycles. The summed E-state index contributed by atoms with van der Waals surface area (Å²) in [5.41, 5.74) is 3.82. The fraction of sp³-hybridized carbons (Fsp3) is 0.0690. The summed E-state index contributed by atoms with van der Waals surface area (Å²) in [6, 6.07) is 17.8. The number of benzene rings is 2. The zero-order valence-electron chi connectivity index (χ0n) is 20.6. The Bertz CT molecular complexity index is 1840. The van der Waals surface area contributed by atoms with Crippen LogP contribution in [0.2, 0.25) is 10.0 Å². The Morgan fingerprint density at radius 2 is 1.41 bits per heavy atom. The highest BCUT2D eigenvalue weighted by molar-refractivity contribution is 6.39. The van der Waals surface area contributed by atoms with E-state index in [9.17, 15) is 14.4 Å². The second kappa shape index (κ2) is 10.7. The van der Waals surface area contributed by atoms with Crippen LogP contribution >= 0.6 is 23.2 Å². The number of hydrogen-bond acceptors (Lipinski definition) is 7. The molecule has 10 heteroatoms. The van der Waals surface area contributed by atoms with Gasteiger partial charge in [-0.1, -0.05) is 59.6 Å². The Morgan fingerprint density at radius 3 is 2.05 bits per heavy atom. The first-order valence-electron chi connectivity index (χ1n) is 11.6. The molecule has 8 nitrogen and oxygen atoms in total. The van der Waals surface area contributed by atoms with E-state index in [0.29, 0.717) is 67.3 Å². The standard InChI is InChI=1S/C29H19Cl2N3O5/c1-38-27-17(14-35)9-10-23(32-27)21-8-4-7-20(26(21)31)19-6-3-5-18(25(19)30)16-11-12-34-24(13-16)33-28(39-2)22(15-36)29(34)37/h3-15H,1-2H3. The summed E-state index contributed by atoms with van der Waals surface area (Å²) < 4.78 is 11.6. The normalized spacial score (nSPS) is 10.9. The van der Waals surface area contributed by atoms with E-state index >= 15 is 0 Å². The summed E-state index contributed by atoms with van der Waals surface area (Å²) >= 11 is 13.8. The lowest BCUT2D eigenvalue weighted by Gasteiger charge is -2.15. The molecule has 0 aliphatic rings. The van der Waals surface area contributed by atoms with Gasteiger partial charge >= 0.3 is 0 Å². The predicted octanol–water partition coefficient (Wildman–Crippen LogP) is 6.04. The minimum atomic E-state index is -0.534. The Hall–Kier alpha value is -4.53. The molecule has 39 heavy (non-hydrogen) atoms. The summed E-state index contributed by atoms with van der Waals surface area (Å²) in [6.45, 7) is 0. The van der Waals surface area contributed by atoms with Crippen LogP contribution in [0, 0.1) is 0 Å². The van der Waals surface area contributed by atoms with Crippen LogP contribution in [0.15, 0.2) is 71.7 Å². The van der Waals surface area contributed by atoms with Crippen LogP contribution in [0.3, 0.4) is 0 Å². The number of carbonyl (C=O) groups excluding carboxylic acids is 2. The van der Waals surface area contributed by atoms with Crippen molar-refractivity contribution in [3.8, 4) is 45.3 Å². The largest absolute Gasteiger partial charge is 0.480 e. The maximum absolute atomic E-state index is 12.7. The molecule has 0 unspecified atom stereocenters. The van der Waals surface area contributed by atoms with Gasteiger partial charge in [0.1, 0.15) is 11.2 Å². The number of rotatable bonds is 7. The predicted molar refractivity (Wildman–Crippen MR) is 149 cm³/mol. The number of nitrogens with zero attached hydrogens (tertiary/aromatic N) is 3. The van der Waals surface area contributed by atoms with Gasteiger partial charge < -0.3 is 9.47 Å². The van der Waals surface area contributed by atoms with E-state index in [-0.39, 0.29) is 17.3 Å². The molecule has 0 spiro atoms. The Morgan fingerprint density at radius 1 is 0.769 bits per heavy atom. The highest BCUT2D eigenvalue weighted by Crippen LogP contribution is 2.42. The Labute approximate surface area is 232 Å². The number of fused-ring (bicyclic) bond motifs is 1. The maximum atomic E-state index is 12.7. The third kappa shape index (κ3) is 4.54. The molecule has 0 aliphatic heterocycles. The second-order valence-corrected chi connectivity index (χ2v) is 9.10. The van der Waals surface area contributed by atoms with Crippen molar-refractivity contribution in [3.63, 3.8) is 0 Å². The Kier molecular flexibility index (Phi) is 7.15. The van der Waals surface area contributed by atoms with Gasteiger partial charge in [0, 0.05) is 28.5 Å². The summed E-state index contributed by atoms with van der Waals surface area (Å²) in [6.07, 6.45) is 2.63. The van der Waals surface area contributed by atoms with Crippen molar-refractivity contribution in [1.82, 2.24) is 14.4 Å². The van der Waals surface area contributed by atoms with E-state index in [1.807, 2.05) is 36.4 Å². The lowest BCUT2D eigenvalue weighted by atomic mass is 9.97. The highest BCUT2D eigenvalue weighted by Gasteiger charge is 2.18. The van der Waals surface area contributed by atoms with E-state index in [4.69, 9.17) is 32.7 Å². The van der Waals surface area contributed by atoms with E-state index < -0.39 is 5.56 Å². The van der Waals surface area contributed by atoms with Crippen molar-refractivity contribution in [3.05, 3.63) is 98.4 Å². The van der Waals surface area contributed by atoms with Gasteiger partial charge in [0.2, 0.25) is 11.8 Å². The number of carbonyl (C=O) groups is 2. The third-order valence-corrected chi connectivity index (χ3v) is 7.04. The fourth-order valence-corrected chi connectivity index (χ4v) is 4.97. The molecule has 3 aromatic heterocycles. The molecule has 0 atom stereocenters. The van der Waals surface area contributed by atoms with Gasteiger partial charge in [-0.2, -0.15) is 4.98 Å². The number of methoxy groups -OCH3 is 2. The molecular weight excluding hydrogens is 541 g/mol. The fourth-order valence-electron chi connectivity index (χ4n) is 4.31. The summed E-state index contributed by atoms with van der Waals surface area (Å²) in [5.74, 6) is 0.145. The molecule has 0 fully saturated rings. The van der Waals surface area contributed by atoms with Crippen LogP contribution in [-0.4, -0.2) is 41.2 Å².